The summed E-state index contributed by atoms with van der Waals surface area (Å²) in [5, 5.41) is 5.39. The number of benzene rings is 1. The molecule has 0 saturated heterocycles. The second-order valence-corrected chi connectivity index (χ2v) is 7.61. The number of amides is 2. The third-order valence-corrected chi connectivity index (χ3v) is 4.58. The number of hydrogen-bond donors (Lipinski definition) is 4. The topological polar surface area (TPSA) is 130 Å². The minimum absolute atomic E-state index is 0.0510. The van der Waals surface area contributed by atoms with Gasteiger partial charge in [0.1, 0.15) is 0 Å². The van der Waals surface area contributed by atoms with Crippen molar-refractivity contribution in [2.24, 2.45) is 5.73 Å². The predicted octanol–water partition coefficient (Wildman–Crippen LogP) is 0.557. The van der Waals surface area contributed by atoms with Gasteiger partial charge in [0.05, 0.1) is 4.90 Å². The van der Waals surface area contributed by atoms with E-state index in [1.807, 2.05) is 13.8 Å². The Labute approximate surface area is 148 Å². The van der Waals surface area contributed by atoms with Crippen LogP contribution in [0.5, 0.6) is 0 Å². The van der Waals surface area contributed by atoms with E-state index in [4.69, 9.17) is 5.73 Å². The number of carbonyl (C=O) groups excluding carboxylic acids is 2. The fourth-order valence-electron chi connectivity index (χ4n) is 2.04. The highest BCUT2D eigenvalue weighted by Crippen LogP contribution is 2.15. The Morgan fingerprint density at radius 2 is 1.84 bits per heavy atom. The number of nitrogens with one attached hydrogen (secondary N) is 3. The molecule has 25 heavy (non-hydrogen) atoms. The third-order valence-electron chi connectivity index (χ3n) is 3.12. The zero-order valence-corrected chi connectivity index (χ0v) is 15.4. The Balaban J connectivity index is 2.55. The fourth-order valence-corrected chi connectivity index (χ4v) is 3.14. The molecule has 0 heterocycles. The highest BCUT2D eigenvalue weighted by Gasteiger charge is 2.14. The maximum absolute atomic E-state index is 12.0. The van der Waals surface area contributed by atoms with Gasteiger partial charge in [0, 0.05) is 37.7 Å². The molecule has 1 aromatic carbocycles. The molecule has 8 nitrogen and oxygen atoms in total. The van der Waals surface area contributed by atoms with Crippen LogP contribution in [0.4, 0.5) is 5.69 Å². The van der Waals surface area contributed by atoms with E-state index in [0.717, 1.165) is 0 Å². The molecule has 0 unspecified atom stereocenters. The first-order valence-electron chi connectivity index (χ1n) is 8.13. The number of rotatable bonds is 10. The maximum Gasteiger partial charge on any atom is 0.240 e. The minimum atomic E-state index is -3.65. The van der Waals surface area contributed by atoms with Gasteiger partial charge in [0.25, 0.3) is 0 Å². The van der Waals surface area contributed by atoms with Crippen molar-refractivity contribution >= 4 is 27.5 Å². The standard InChI is InChI=1S/C16H26N4O4S/c1-12(2)19-15(21)7-4-8-16(22)20-13-5-3-6-14(11-13)25(23,24)18-10-9-17/h3,5-6,11-12,18H,4,7-10,17H2,1-2H3,(H,19,21)(H,20,22). The van der Waals surface area contributed by atoms with Crippen LogP contribution in [0.2, 0.25) is 0 Å². The largest absolute Gasteiger partial charge is 0.354 e. The smallest absolute Gasteiger partial charge is 0.240 e. The van der Waals surface area contributed by atoms with Crippen LogP contribution in [-0.2, 0) is 19.6 Å². The van der Waals surface area contributed by atoms with Crippen molar-refractivity contribution in [2.45, 2.75) is 44.0 Å². The summed E-state index contributed by atoms with van der Waals surface area (Å²) in [7, 11) is -3.65. The summed E-state index contributed by atoms with van der Waals surface area (Å²) < 4.78 is 26.4. The van der Waals surface area contributed by atoms with E-state index in [0.29, 0.717) is 12.1 Å². The molecule has 0 radical (unpaired) electrons. The van der Waals surface area contributed by atoms with Crippen molar-refractivity contribution in [2.75, 3.05) is 18.4 Å². The Hall–Kier alpha value is -1.97. The molecule has 0 aliphatic heterocycles. The van der Waals surface area contributed by atoms with E-state index >= 15 is 0 Å². The average Bonchev–Trinajstić information content (AvgIpc) is 2.52. The summed E-state index contributed by atoms with van der Waals surface area (Å²) in [5.41, 5.74) is 5.67. The first kappa shape index (κ1) is 21.1. The molecule has 1 aromatic rings. The summed E-state index contributed by atoms with van der Waals surface area (Å²) in [5.74, 6) is -0.372. The second-order valence-electron chi connectivity index (χ2n) is 5.84. The third kappa shape index (κ3) is 8.10. The Morgan fingerprint density at radius 3 is 2.48 bits per heavy atom. The lowest BCUT2D eigenvalue weighted by Gasteiger charge is -2.10. The van der Waals surface area contributed by atoms with Crippen molar-refractivity contribution in [1.29, 1.82) is 0 Å². The maximum atomic E-state index is 12.0. The van der Waals surface area contributed by atoms with E-state index in [1.165, 1.54) is 12.1 Å². The van der Waals surface area contributed by atoms with E-state index in [-0.39, 0.29) is 48.7 Å². The van der Waals surface area contributed by atoms with E-state index in [2.05, 4.69) is 15.4 Å². The SMILES string of the molecule is CC(C)NC(=O)CCCC(=O)Nc1cccc(S(=O)(=O)NCCN)c1. The van der Waals surface area contributed by atoms with Crippen LogP contribution in [0.25, 0.3) is 0 Å². The van der Waals surface area contributed by atoms with Crippen LogP contribution in [0, 0.1) is 0 Å². The van der Waals surface area contributed by atoms with Crippen molar-refractivity contribution in [3.8, 4) is 0 Å². The molecule has 0 fully saturated rings. The highest BCUT2D eigenvalue weighted by molar-refractivity contribution is 7.89. The summed E-state index contributed by atoms with van der Waals surface area (Å²) in [6, 6.07) is 6.03. The number of nitrogens with two attached hydrogens (primary N) is 1. The molecule has 2 amide bonds. The van der Waals surface area contributed by atoms with Crippen LogP contribution in [0.15, 0.2) is 29.2 Å². The lowest BCUT2D eigenvalue weighted by atomic mass is 10.2. The molecule has 0 spiro atoms. The van der Waals surface area contributed by atoms with Gasteiger partial charge in [-0.25, -0.2) is 13.1 Å². The highest BCUT2D eigenvalue weighted by atomic mass is 32.2. The molecule has 0 saturated carbocycles. The monoisotopic (exact) mass is 370 g/mol. The normalized spacial score (nSPS) is 11.4. The van der Waals surface area contributed by atoms with Crippen molar-refractivity contribution < 1.29 is 18.0 Å². The predicted molar refractivity (Wildman–Crippen MR) is 96.4 cm³/mol. The van der Waals surface area contributed by atoms with E-state index < -0.39 is 10.0 Å². The summed E-state index contributed by atoms with van der Waals surface area (Å²) in [6.07, 6.45) is 0.859. The van der Waals surface area contributed by atoms with Gasteiger partial charge in [0.15, 0.2) is 0 Å². The first-order valence-corrected chi connectivity index (χ1v) is 9.62. The molecule has 0 aliphatic carbocycles. The van der Waals surface area contributed by atoms with Gasteiger partial charge in [-0.2, -0.15) is 0 Å². The molecule has 9 heteroatoms. The number of anilines is 1. The minimum Gasteiger partial charge on any atom is -0.354 e. The number of carbonyl (C=O) groups is 2. The average molecular weight is 370 g/mol. The van der Waals surface area contributed by atoms with Crippen molar-refractivity contribution in [3.63, 3.8) is 0 Å². The molecule has 0 atom stereocenters. The van der Waals surface area contributed by atoms with Crippen molar-refractivity contribution in [3.05, 3.63) is 24.3 Å². The van der Waals surface area contributed by atoms with Gasteiger partial charge in [-0.15, -0.1) is 0 Å². The van der Waals surface area contributed by atoms with Crippen LogP contribution in [0.1, 0.15) is 33.1 Å². The number of hydrogen-bond acceptors (Lipinski definition) is 5. The molecule has 0 aromatic heterocycles. The van der Waals surface area contributed by atoms with Crippen LogP contribution in [0.3, 0.4) is 0 Å². The fraction of sp³-hybridized carbons (Fsp3) is 0.500. The summed E-state index contributed by atoms with van der Waals surface area (Å²) >= 11 is 0. The van der Waals surface area contributed by atoms with Gasteiger partial charge in [-0.1, -0.05) is 6.07 Å². The molecule has 140 valence electrons. The van der Waals surface area contributed by atoms with Gasteiger partial charge in [-0.05, 0) is 38.5 Å². The summed E-state index contributed by atoms with van der Waals surface area (Å²) in [6.45, 7) is 4.07. The van der Waals surface area contributed by atoms with Crippen molar-refractivity contribution in [1.82, 2.24) is 10.0 Å². The molecular formula is C16H26N4O4S. The van der Waals surface area contributed by atoms with Gasteiger partial charge in [-0.3, -0.25) is 9.59 Å². The van der Waals surface area contributed by atoms with Gasteiger partial charge in [0.2, 0.25) is 21.8 Å². The Morgan fingerprint density at radius 1 is 1.16 bits per heavy atom. The van der Waals surface area contributed by atoms with E-state index in [9.17, 15) is 18.0 Å². The lowest BCUT2D eigenvalue weighted by molar-refractivity contribution is -0.121. The zero-order chi connectivity index (χ0) is 18.9. The lowest BCUT2D eigenvalue weighted by Crippen LogP contribution is -2.30. The van der Waals surface area contributed by atoms with Crippen LogP contribution >= 0.6 is 0 Å². The Bertz CT molecular complexity index is 689. The molecular weight excluding hydrogens is 344 g/mol. The molecule has 5 N–H and O–H groups in total. The first-order chi connectivity index (χ1) is 11.7. The number of sulfonamides is 1. The second kappa shape index (κ2) is 10.1. The molecule has 1 rings (SSSR count). The quantitative estimate of drug-likeness (QED) is 0.478. The summed E-state index contributed by atoms with van der Waals surface area (Å²) in [4.78, 5) is 23.5. The molecule has 0 aliphatic rings. The Kier molecular flexibility index (Phi) is 8.53. The van der Waals surface area contributed by atoms with Crippen LogP contribution in [-0.4, -0.2) is 39.4 Å². The molecule has 0 bridgehead atoms. The zero-order valence-electron chi connectivity index (χ0n) is 14.5. The van der Waals surface area contributed by atoms with E-state index in [1.54, 1.807) is 12.1 Å². The van der Waals surface area contributed by atoms with Gasteiger partial charge < -0.3 is 16.4 Å². The van der Waals surface area contributed by atoms with Gasteiger partial charge >= 0.3 is 0 Å². The van der Waals surface area contributed by atoms with Crippen LogP contribution < -0.4 is 21.1 Å².